The van der Waals surface area contributed by atoms with Crippen LogP contribution in [0, 0.1) is 0 Å². The lowest BCUT2D eigenvalue weighted by Crippen LogP contribution is -2.18. The van der Waals surface area contributed by atoms with Crippen molar-refractivity contribution in [2.45, 2.75) is 13.2 Å². The van der Waals surface area contributed by atoms with Crippen molar-refractivity contribution in [1.82, 2.24) is 10.3 Å². The van der Waals surface area contributed by atoms with Crippen molar-refractivity contribution < 1.29 is 14.2 Å². The van der Waals surface area contributed by atoms with Gasteiger partial charge in [0.1, 0.15) is 6.61 Å². The number of methoxy groups -OCH3 is 2. The fraction of sp³-hybridized carbons (Fsp3) is 0.400. The van der Waals surface area contributed by atoms with Crippen LogP contribution in [0.25, 0.3) is 0 Å². The molecule has 0 spiro atoms. The molecule has 1 N–H and O–H groups in total. The van der Waals surface area contributed by atoms with Crippen LogP contribution in [0.2, 0.25) is 0 Å². The summed E-state index contributed by atoms with van der Waals surface area (Å²) < 4.78 is 16.1. The number of benzene rings is 1. The van der Waals surface area contributed by atoms with Crippen LogP contribution in [0.4, 0.5) is 0 Å². The Morgan fingerprint density at radius 2 is 2.14 bits per heavy atom. The zero-order valence-corrected chi connectivity index (χ0v) is 13.1. The number of ether oxygens (including phenoxy) is 3. The van der Waals surface area contributed by atoms with E-state index in [4.69, 9.17) is 14.2 Å². The second-order valence-electron chi connectivity index (χ2n) is 4.42. The molecule has 5 nitrogen and oxygen atoms in total. The van der Waals surface area contributed by atoms with Gasteiger partial charge in [0.2, 0.25) is 0 Å². The first-order valence-electron chi connectivity index (χ1n) is 6.70. The van der Waals surface area contributed by atoms with E-state index in [-0.39, 0.29) is 0 Å². The summed E-state index contributed by atoms with van der Waals surface area (Å²) in [7, 11) is 3.34. The standard InChI is InChI=1S/C15H20N2O3S/c1-18-6-5-16-8-12-3-4-14(15(7-12)19-2)20-9-13-10-21-11-17-13/h3-4,7,10-11,16H,5-6,8-9H2,1-2H3. The molecule has 0 bridgehead atoms. The van der Waals surface area contributed by atoms with Crippen LogP contribution in [-0.4, -0.2) is 32.4 Å². The molecule has 0 saturated heterocycles. The Labute approximate surface area is 128 Å². The van der Waals surface area contributed by atoms with E-state index in [0.717, 1.165) is 35.8 Å². The number of nitrogens with zero attached hydrogens (tertiary/aromatic N) is 1. The summed E-state index contributed by atoms with van der Waals surface area (Å²) in [6.07, 6.45) is 0. The first kappa shape index (κ1) is 15.8. The average molecular weight is 308 g/mol. The van der Waals surface area contributed by atoms with Gasteiger partial charge in [0.25, 0.3) is 0 Å². The highest BCUT2D eigenvalue weighted by atomic mass is 32.1. The summed E-state index contributed by atoms with van der Waals surface area (Å²) in [5.41, 5.74) is 3.86. The minimum Gasteiger partial charge on any atom is -0.493 e. The predicted octanol–water partition coefficient (Wildman–Crippen LogP) is 2.47. The highest BCUT2D eigenvalue weighted by Gasteiger charge is 2.07. The van der Waals surface area contributed by atoms with Crippen LogP contribution in [-0.2, 0) is 17.9 Å². The SMILES string of the molecule is COCCNCc1ccc(OCc2cscn2)c(OC)c1. The van der Waals surface area contributed by atoms with Crippen molar-refractivity contribution in [1.29, 1.82) is 0 Å². The number of hydrogen-bond acceptors (Lipinski definition) is 6. The molecule has 0 atom stereocenters. The van der Waals surface area contributed by atoms with E-state index in [1.807, 2.05) is 23.6 Å². The maximum Gasteiger partial charge on any atom is 0.161 e. The van der Waals surface area contributed by atoms with Crippen LogP contribution in [0.5, 0.6) is 11.5 Å². The minimum absolute atomic E-state index is 0.450. The largest absolute Gasteiger partial charge is 0.493 e. The summed E-state index contributed by atoms with van der Waals surface area (Å²) in [6, 6.07) is 5.94. The Morgan fingerprint density at radius 3 is 2.86 bits per heavy atom. The van der Waals surface area contributed by atoms with Crippen LogP contribution >= 0.6 is 11.3 Å². The molecule has 0 aliphatic rings. The lowest BCUT2D eigenvalue weighted by atomic mass is 10.2. The molecule has 114 valence electrons. The summed E-state index contributed by atoms with van der Waals surface area (Å²) in [5.74, 6) is 1.46. The van der Waals surface area contributed by atoms with E-state index >= 15 is 0 Å². The molecule has 1 aromatic carbocycles. The maximum atomic E-state index is 5.75. The van der Waals surface area contributed by atoms with Gasteiger partial charge in [0, 0.05) is 25.6 Å². The molecular weight excluding hydrogens is 288 g/mol. The number of thiazole rings is 1. The number of nitrogens with one attached hydrogen (secondary N) is 1. The molecule has 6 heteroatoms. The number of rotatable bonds is 9. The molecule has 0 radical (unpaired) electrons. The van der Waals surface area contributed by atoms with Gasteiger partial charge in [0.15, 0.2) is 11.5 Å². The monoisotopic (exact) mass is 308 g/mol. The fourth-order valence-electron chi connectivity index (χ4n) is 1.81. The minimum atomic E-state index is 0.450. The first-order valence-corrected chi connectivity index (χ1v) is 7.64. The van der Waals surface area contributed by atoms with Gasteiger partial charge in [-0.2, -0.15) is 0 Å². The number of hydrogen-bond donors (Lipinski definition) is 1. The summed E-state index contributed by atoms with van der Waals surface area (Å²) in [4.78, 5) is 4.19. The maximum absolute atomic E-state index is 5.75. The van der Waals surface area contributed by atoms with E-state index in [0.29, 0.717) is 13.2 Å². The van der Waals surface area contributed by atoms with Crippen molar-refractivity contribution in [2.75, 3.05) is 27.4 Å². The summed E-state index contributed by atoms with van der Waals surface area (Å²) in [6.45, 7) is 2.74. The van der Waals surface area contributed by atoms with E-state index < -0.39 is 0 Å². The molecule has 0 unspecified atom stereocenters. The van der Waals surface area contributed by atoms with E-state index in [1.165, 1.54) is 0 Å². The third kappa shape index (κ3) is 5.00. The highest BCUT2D eigenvalue weighted by molar-refractivity contribution is 7.07. The van der Waals surface area contributed by atoms with Gasteiger partial charge < -0.3 is 19.5 Å². The summed E-state index contributed by atoms with van der Waals surface area (Å²) in [5, 5.41) is 5.27. The Kier molecular flexibility index (Phi) is 6.46. The van der Waals surface area contributed by atoms with Gasteiger partial charge in [0.05, 0.1) is 24.9 Å². The van der Waals surface area contributed by atoms with E-state index in [2.05, 4.69) is 10.3 Å². The quantitative estimate of drug-likeness (QED) is 0.721. The molecule has 0 amide bonds. The van der Waals surface area contributed by atoms with Crippen molar-refractivity contribution in [3.63, 3.8) is 0 Å². The van der Waals surface area contributed by atoms with Gasteiger partial charge in [-0.05, 0) is 17.7 Å². The lowest BCUT2D eigenvalue weighted by Gasteiger charge is -2.12. The van der Waals surface area contributed by atoms with Gasteiger partial charge >= 0.3 is 0 Å². The van der Waals surface area contributed by atoms with Crippen LogP contribution in [0.1, 0.15) is 11.3 Å². The molecule has 0 fully saturated rings. The van der Waals surface area contributed by atoms with Crippen LogP contribution in [0.3, 0.4) is 0 Å². The molecule has 2 aromatic rings. The molecule has 21 heavy (non-hydrogen) atoms. The van der Waals surface area contributed by atoms with Crippen LogP contribution in [0.15, 0.2) is 29.1 Å². The third-order valence-electron chi connectivity index (χ3n) is 2.90. The van der Waals surface area contributed by atoms with Crippen LogP contribution < -0.4 is 14.8 Å². The van der Waals surface area contributed by atoms with Gasteiger partial charge in [-0.1, -0.05) is 6.07 Å². The van der Waals surface area contributed by atoms with E-state index in [1.54, 1.807) is 31.1 Å². The van der Waals surface area contributed by atoms with Crippen molar-refractivity contribution in [2.24, 2.45) is 0 Å². The Balaban J connectivity index is 1.92. The first-order chi connectivity index (χ1) is 10.3. The zero-order valence-electron chi connectivity index (χ0n) is 12.3. The molecule has 1 aromatic heterocycles. The fourth-order valence-corrected chi connectivity index (χ4v) is 2.35. The normalized spacial score (nSPS) is 10.6. The third-order valence-corrected chi connectivity index (χ3v) is 3.53. The second-order valence-corrected chi connectivity index (χ2v) is 5.14. The smallest absolute Gasteiger partial charge is 0.161 e. The second kappa shape index (κ2) is 8.61. The van der Waals surface area contributed by atoms with Crippen molar-refractivity contribution >= 4 is 11.3 Å². The van der Waals surface area contributed by atoms with Gasteiger partial charge in [-0.25, -0.2) is 4.98 Å². The molecule has 0 aliphatic carbocycles. The molecule has 2 rings (SSSR count). The Morgan fingerprint density at radius 1 is 1.24 bits per heavy atom. The molecular formula is C15H20N2O3S. The van der Waals surface area contributed by atoms with Gasteiger partial charge in [-0.3, -0.25) is 0 Å². The predicted molar refractivity (Wildman–Crippen MR) is 83.0 cm³/mol. The zero-order chi connectivity index (χ0) is 14.9. The highest BCUT2D eigenvalue weighted by Crippen LogP contribution is 2.28. The van der Waals surface area contributed by atoms with Gasteiger partial charge in [-0.15, -0.1) is 11.3 Å². The Bertz CT molecular complexity index is 532. The lowest BCUT2D eigenvalue weighted by molar-refractivity contribution is 0.199. The summed E-state index contributed by atoms with van der Waals surface area (Å²) >= 11 is 1.56. The van der Waals surface area contributed by atoms with E-state index in [9.17, 15) is 0 Å². The number of aromatic nitrogens is 1. The molecule has 0 aliphatic heterocycles. The average Bonchev–Trinajstić information content (AvgIpc) is 3.03. The molecule has 1 heterocycles. The van der Waals surface area contributed by atoms with Crippen molar-refractivity contribution in [3.05, 3.63) is 40.3 Å². The Hall–Kier alpha value is -1.63. The topological polar surface area (TPSA) is 52.6 Å². The van der Waals surface area contributed by atoms with Crippen molar-refractivity contribution in [3.8, 4) is 11.5 Å². The molecule has 0 saturated carbocycles.